The van der Waals surface area contributed by atoms with E-state index in [1.54, 1.807) is 26.0 Å². The lowest BCUT2D eigenvalue weighted by atomic mass is 10.2. The Bertz CT molecular complexity index is 651. The van der Waals surface area contributed by atoms with Crippen LogP contribution in [0.3, 0.4) is 0 Å². The number of hydrogen-bond donors (Lipinski definition) is 2. The third-order valence-corrected chi connectivity index (χ3v) is 2.95. The van der Waals surface area contributed by atoms with Gasteiger partial charge in [-0.1, -0.05) is 0 Å². The topological polar surface area (TPSA) is 71.7 Å². The molecule has 0 saturated heterocycles. The second kappa shape index (κ2) is 6.30. The van der Waals surface area contributed by atoms with Gasteiger partial charge in [0.2, 0.25) is 5.76 Å². The molecule has 0 bridgehead atoms. The van der Waals surface area contributed by atoms with E-state index >= 15 is 0 Å². The highest BCUT2D eigenvalue weighted by atomic mass is 19.1. The van der Waals surface area contributed by atoms with Crippen molar-refractivity contribution in [2.45, 2.75) is 20.4 Å². The molecule has 1 heterocycles. The maximum Gasteiger partial charge on any atom is 0.371 e. The minimum absolute atomic E-state index is 0.109. The Morgan fingerprint density at radius 2 is 2.19 bits per heavy atom. The van der Waals surface area contributed by atoms with Crippen LogP contribution in [0.25, 0.3) is 0 Å². The fraction of sp³-hybridized carbons (Fsp3) is 0.267. The van der Waals surface area contributed by atoms with Crippen LogP contribution in [0, 0.1) is 12.7 Å². The summed E-state index contributed by atoms with van der Waals surface area (Å²) in [4.78, 5) is 10.8. The summed E-state index contributed by atoms with van der Waals surface area (Å²) in [5.74, 6) is -0.947. The molecule has 0 fully saturated rings. The summed E-state index contributed by atoms with van der Waals surface area (Å²) in [6.45, 7) is 4.21. The lowest BCUT2D eigenvalue weighted by molar-refractivity contribution is 0.0661. The summed E-state index contributed by atoms with van der Waals surface area (Å²) in [6.07, 6.45) is 0. The van der Waals surface area contributed by atoms with E-state index in [2.05, 4.69) is 5.32 Å². The van der Waals surface area contributed by atoms with Gasteiger partial charge in [0.15, 0.2) is 11.6 Å². The van der Waals surface area contributed by atoms with Crippen molar-refractivity contribution >= 4 is 11.7 Å². The Kier molecular flexibility index (Phi) is 4.47. The van der Waals surface area contributed by atoms with Crippen LogP contribution in [0.1, 0.15) is 28.8 Å². The van der Waals surface area contributed by atoms with Crippen molar-refractivity contribution in [2.75, 3.05) is 11.9 Å². The van der Waals surface area contributed by atoms with Crippen molar-refractivity contribution in [1.82, 2.24) is 0 Å². The number of hydrogen-bond acceptors (Lipinski definition) is 4. The van der Waals surface area contributed by atoms with Gasteiger partial charge in [0.05, 0.1) is 6.61 Å². The van der Waals surface area contributed by atoms with E-state index in [-0.39, 0.29) is 11.5 Å². The number of halogens is 1. The van der Waals surface area contributed by atoms with Crippen molar-refractivity contribution < 1.29 is 23.4 Å². The van der Waals surface area contributed by atoms with Gasteiger partial charge in [0.25, 0.3) is 0 Å². The van der Waals surface area contributed by atoms with Crippen LogP contribution < -0.4 is 10.1 Å². The number of ether oxygens (including phenoxy) is 1. The van der Waals surface area contributed by atoms with E-state index in [1.807, 2.05) is 0 Å². The molecule has 2 rings (SSSR count). The van der Waals surface area contributed by atoms with Gasteiger partial charge in [0, 0.05) is 23.9 Å². The Hall–Kier alpha value is -2.50. The molecule has 21 heavy (non-hydrogen) atoms. The van der Waals surface area contributed by atoms with Crippen LogP contribution in [0.5, 0.6) is 5.75 Å². The fourth-order valence-electron chi connectivity index (χ4n) is 1.88. The number of carbonyl (C=O) groups is 1. The highest BCUT2D eigenvalue weighted by molar-refractivity contribution is 5.84. The largest absolute Gasteiger partial charge is 0.491 e. The summed E-state index contributed by atoms with van der Waals surface area (Å²) >= 11 is 0. The average Bonchev–Trinajstić information content (AvgIpc) is 2.81. The number of aryl methyl sites for hydroxylation is 1. The van der Waals surface area contributed by atoms with Crippen molar-refractivity contribution in [3.05, 3.63) is 47.2 Å². The molecule has 1 aromatic heterocycles. The predicted molar refractivity (Wildman–Crippen MR) is 75.3 cm³/mol. The molecule has 0 aliphatic rings. The SMILES string of the molecule is CCOc1ccc(NCc2cc(C(=O)O)oc2C)cc1F. The summed E-state index contributed by atoms with van der Waals surface area (Å²) in [5.41, 5.74) is 1.29. The second-order valence-electron chi connectivity index (χ2n) is 4.43. The van der Waals surface area contributed by atoms with E-state index in [4.69, 9.17) is 14.3 Å². The fourth-order valence-corrected chi connectivity index (χ4v) is 1.88. The molecular formula is C15H16FNO4. The first kappa shape index (κ1) is 14.9. The van der Waals surface area contributed by atoms with Crippen molar-refractivity contribution in [3.63, 3.8) is 0 Å². The molecule has 0 aliphatic heterocycles. The quantitative estimate of drug-likeness (QED) is 0.853. The van der Waals surface area contributed by atoms with Gasteiger partial charge in [-0.05, 0) is 32.0 Å². The zero-order valence-electron chi connectivity index (χ0n) is 11.8. The molecule has 0 spiro atoms. The third-order valence-electron chi connectivity index (χ3n) is 2.95. The van der Waals surface area contributed by atoms with Gasteiger partial charge in [-0.2, -0.15) is 0 Å². The average molecular weight is 293 g/mol. The first-order valence-corrected chi connectivity index (χ1v) is 6.50. The maximum absolute atomic E-state index is 13.7. The maximum atomic E-state index is 13.7. The number of anilines is 1. The number of carboxylic acid groups (broad SMARTS) is 1. The lowest BCUT2D eigenvalue weighted by Crippen LogP contribution is -2.01. The molecule has 0 aliphatic carbocycles. The molecule has 2 aromatic rings. The Morgan fingerprint density at radius 1 is 1.43 bits per heavy atom. The van der Waals surface area contributed by atoms with Gasteiger partial charge in [0.1, 0.15) is 5.76 Å². The predicted octanol–water partition coefficient (Wildman–Crippen LogP) is 3.44. The zero-order valence-corrected chi connectivity index (χ0v) is 11.8. The molecule has 0 atom stereocenters. The lowest BCUT2D eigenvalue weighted by Gasteiger charge is -2.08. The molecule has 1 aromatic carbocycles. The van der Waals surface area contributed by atoms with E-state index in [9.17, 15) is 9.18 Å². The summed E-state index contributed by atoms with van der Waals surface area (Å²) < 4.78 is 23.9. The molecule has 0 unspecified atom stereocenters. The number of nitrogens with one attached hydrogen (secondary N) is 1. The van der Waals surface area contributed by atoms with Crippen LogP contribution in [0.2, 0.25) is 0 Å². The zero-order chi connectivity index (χ0) is 15.4. The second-order valence-corrected chi connectivity index (χ2v) is 4.43. The van der Waals surface area contributed by atoms with E-state index < -0.39 is 11.8 Å². The molecular weight excluding hydrogens is 277 g/mol. The van der Waals surface area contributed by atoms with Crippen LogP contribution >= 0.6 is 0 Å². The van der Waals surface area contributed by atoms with E-state index in [0.717, 1.165) is 0 Å². The monoisotopic (exact) mass is 293 g/mol. The van der Waals surface area contributed by atoms with Crippen LogP contribution in [0.15, 0.2) is 28.7 Å². The van der Waals surface area contributed by atoms with Crippen LogP contribution in [0.4, 0.5) is 10.1 Å². The van der Waals surface area contributed by atoms with Gasteiger partial charge in [-0.25, -0.2) is 9.18 Å². The van der Waals surface area contributed by atoms with Crippen molar-refractivity contribution in [3.8, 4) is 5.75 Å². The van der Waals surface area contributed by atoms with Crippen LogP contribution in [-0.2, 0) is 6.54 Å². The van der Waals surface area contributed by atoms with Crippen molar-refractivity contribution in [2.24, 2.45) is 0 Å². The highest BCUT2D eigenvalue weighted by Gasteiger charge is 2.13. The first-order valence-electron chi connectivity index (χ1n) is 6.50. The normalized spacial score (nSPS) is 10.4. The Morgan fingerprint density at radius 3 is 2.76 bits per heavy atom. The first-order chi connectivity index (χ1) is 10.0. The van der Waals surface area contributed by atoms with Gasteiger partial charge < -0.3 is 19.6 Å². The summed E-state index contributed by atoms with van der Waals surface area (Å²) in [7, 11) is 0. The molecule has 2 N–H and O–H groups in total. The molecule has 0 saturated carbocycles. The van der Waals surface area contributed by atoms with E-state index in [0.29, 0.717) is 30.2 Å². The third kappa shape index (κ3) is 3.53. The molecule has 0 amide bonds. The van der Waals surface area contributed by atoms with Gasteiger partial charge >= 0.3 is 5.97 Å². The molecule has 112 valence electrons. The minimum atomic E-state index is -1.11. The van der Waals surface area contributed by atoms with Crippen molar-refractivity contribution in [1.29, 1.82) is 0 Å². The summed E-state index contributed by atoms with van der Waals surface area (Å²) in [5, 5.41) is 11.9. The van der Waals surface area contributed by atoms with Gasteiger partial charge in [-0.3, -0.25) is 0 Å². The van der Waals surface area contributed by atoms with Gasteiger partial charge in [-0.15, -0.1) is 0 Å². The Labute approximate surface area is 121 Å². The minimum Gasteiger partial charge on any atom is -0.491 e. The number of carboxylic acids is 1. The number of aromatic carboxylic acids is 1. The Balaban J connectivity index is 2.06. The van der Waals surface area contributed by atoms with Crippen LogP contribution in [-0.4, -0.2) is 17.7 Å². The molecule has 5 nitrogen and oxygen atoms in total. The number of furan rings is 1. The highest BCUT2D eigenvalue weighted by Crippen LogP contribution is 2.22. The smallest absolute Gasteiger partial charge is 0.371 e. The molecule has 6 heteroatoms. The summed E-state index contributed by atoms with van der Waals surface area (Å²) in [6, 6.07) is 6.03. The van der Waals surface area contributed by atoms with E-state index in [1.165, 1.54) is 12.1 Å². The number of rotatable bonds is 6. The molecule has 0 radical (unpaired) electrons. The number of benzene rings is 1. The standard InChI is InChI=1S/C15H16FNO4/c1-3-20-13-5-4-11(7-12(13)16)17-8-10-6-14(15(18)19)21-9(10)2/h4-7,17H,3,8H2,1-2H3,(H,18,19).